The smallest absolute Gasteiger partial charge is 0.241 e. The largest absolute Gasteiger partial charge is 0.497 e. The van der Waals surface area contributed by atoms with Crippen LogP contribution in [0.25, 0.3) is 0 Å². The number of hydrogen-bond donors (Lipinski definition) is 2. The molecule has 2 N–H and O–H groups in total. The van der Waals surface area contributed by atoms with E-state index in [0.717, 1.165) is 43.8 Å². The first-order valence-corrected chi connectivity index (χ1v) is 9.38. The Balaban J connectivity index is 1.41. The summed E-state index contributed by atoms with van der Waals surface area (Å²) in [5, 5.41) is 10.8. The lowest BCUT2D eigenvalue weighted by Crippen LogP contribution is -2.32. The van der Waals surface area contributed by atoms with E-state index in [-0.39, 0.29) is 5.91 Å². The zero-order valence-electron chi connectivity index (χ0n) is 15.4. The van der Waals surface area contributed by atoms with Crippen molar-refractivity contribution >= 4 is 5.91 Å². The van der Waals surface area contributed by atoms with Gasteiger partial charge in [-0.15, -0.1) is 0 Å². The van der Waals surface area contributed by atoms with Gasteiger partial charge in [0, 0.05) is 30.9 Å². The Morgan fingerprint density at radius 1 is 1.35 bits per heavy atom. The summed E-state index contributed by atoms with van der Waals surface area (Å²) in [4.78, 5) is 12.2. The second kappa shape index (κ2) is 9.38. The van der Waals surface area contributed by atoms with Crippen molar-refractivity contribution in [1.82, 2.24) is 20.4 Å². The number of nitrogens with zero attached hydrogens (tertiary/aromatic N) is 2. The summed E-state index contributed by atoms with van der Waals surface area (Å²) in [6, 6.07) is 10.1. The molecule has 0 unspecified atom stereocenters. The molecule has 1 amide bonds. The van der Waals surface area contributed by atoms with Crippen LogP contribution in [0, 0.1) is 0 Å². The van der Waals surface area contributed by atoms with Crippen LogP contribution in [0.4, 0.5) is 0 Å². The number of methoxy groups -OCH3 is 1. The Morgan fingerprint density at radius 3 is 2.92 bits per heavy atom. The molecular weight excluding hydrogens is 328 g/mol. The van der Waals surface area contributed by atoms with E-state index in [4.69, 9.17) is 4.74 Å². The van der Waals surface area contributed by atoms with E-state index >= 15 is 0 Å². The van der Waals surface area contributed by atoms with E-state index < -0.39 is 0 Å². The summed E-state index contributed by atoms with van der Waals surface area (Å²) >= 11 is 0. The van der Waals surface area contributed by atoms with Crippen LogP contribution in [0.15, 0.2) is 36.5 Å². The second-order valence-corrected chi connectivity index (χ2v) is 6.76. The van der Waals surface area contributed by atoms with E-state index in [2.05, 4.69) is 27.9 Å². The summed E-state index contributed by atoms with van der Waals surface area (Å²) in [6.07, 6.45) is 5.97. The van der Waals surface area contributed by atoms with E-state index in [1.807, 2.05) is 22.9 Å². The fourth-order valence-electron chi connectivity index (χ4n) is 3.43. The van der Waals surface area contributed by atoms with Crippen LogP contribution >= 0.6 is 0 Å². The molecule has 6 nitrogen and oxygen atoms in total. The Kier molecular flexibility index (Phi) is 6.66. The molecule has 140 valence electrons. The van der Waals surface area contributed by atoms with Crippen molar-refractivity contribution < 1.29 is 9.53 Å². The number of amides is 1. The van der Waals surface area contributed by atoms with Crippen LogP contribution in [0.2, 0.25) is 0 Å². The molecule has 6 heteroatoms. The highest BCUT2D eigenvalue weighted by Crippen LogP contribution is 2.22. The molecule has 1 aliphatic rings. The molecule has 1 aromatic heterocycles. The second-order valence-electron chi connectivity index (χ2n) is 6.76. The third-order valence-corrected chi connectivity index (χ3v) is 4.88. The number of aromatic nitrogens is 2. The monoisotopic (exact) mass is 356 g/mol. The number of rotatable bonds is 8. The number of ether oxygens (including phenoxy) is 1. The molecule has 1 fully saturated rings. The van der Waals surface area contributed by atoms with E-state index in [9.17, 15) is 4.79 Å². The van der Waals surface area contributed by atoms with E-state index in [1.165, 1.54) is 12.0 Å². The van der Waals surface area contributed by atoms with Gasteiger partial charge in [-0.3, -0.25) is 9.48 Å². The van der Waals surface area contributed by atoms with Crippen molar-refractivity contribution in [1.29, 1.82) is 0 Å². The average Bonchev–Trinajstić information content (AvgIpc) is 3.14. The number of piperidine rings is 1. The predicted molar refractivity (Wildman–Crippen MR) is 101 cm³/mol. The molecule has 0 aliphatic carbocycles. The summed E-state index contributed by atoms with van der Waals surface area (Å²) in [5.74, 6) is 1.34. The van der Waals surface area contributed by atoms with Gasteiger partial charge in [-0.05, 0) is 56.0 Å². The minimum atomic E-state index is 0.0217. The zero-order valence-corrected chi connectivity index (χ0v) is 15.4. The van der Waals surface area contributed by atoms with Crippen LogP contribution in [0.5, 0.6) is 5.75 Å². The van der Waals surface area contributed by atoms with E-state index in [1.54, 1.807) is 13.3 Å². The number of carbonyl (C=O) groups excluding carboxylic acids is 1. The molecule has 0 saturated carbocycles. The standard InChI is InChI=1S/C20H28N4O2/c1-26-18-8-6-16(7-9-18)4-2-12-22-20(25)15-24-19(10-13-23-24)17-5-3-11-21-14-17/h6-10,13,17,21H,2-5,11-12,14-15H2,1H3,(H,22,25)/t17-/m1/s1. The van der Waals surface area contributed by atoms with Crippen LogP contribution in [-0.2, 0) is 17.8 Å². The highest BCUT2D eigenvalue weighted by atomic mass is 16.5. The molecule has 1 aliphatic heterocycles. The lowest BCUT2D eigenvalue weighted by molar-refractivity contribution is -0.121. The van der Waals surface area contributed by atoms with Gasteiger partial charge in [-0.1, -0.05) is 12.1 Å². The summed E-state index contributed by atoms with van der Waals surface area (Å²) in [5.41, 5.74) is 2.41. The van der Waals surface area contributed by atoms with Crippen molar-refractivity contribution in [2.24, 2.45) is 0 Å². The zero-order chi connectivity index (χ0) is 18.2. The van der Waals surface area contributed by atoms with Gasteiger partial charge >= 0.3 is 0 Å². The highest BCUT2D eigenvalue weighted by molar-refractivity contribution is 5.75. The average molecular weight is 356 g/mol. The Bertz CT molecular complexity index is 690. The topological polar surface area (TPSA) is 68.2 Å². The minimum absolute atomic E-state index is 0.0217. The molecule has 0 spiro atoms. The first kappa shape index (κ1) is 18.5. The van der Waals surface area contributed by atoms with Gasteiger partial charge in [0.15, 0.2) is 0 Å². The molecule has 3 rings (SSSR count). The Labute approximate surface area is 154 Å². The maximum Gasteiger partial charge on any atom is 0.241 e. The number of benzene rings is 1. The SMILES string of the molecule is COc1ccc(CCCNC(=O)Cn2nccc2[C@@H]2CCCNC2)cc1. The van der Waals surface area contributed by atoms with Crippen LogP contribution < -0.4 is 15.4 Å². The van der Waals surface area contributed by atoms with Crippen molar-refractivity contribution in [3.8, 4) is 5.75 Å². The van der Waals surface area contributed by atoms with Crippen molar-refractivity contribution in [3.05, 3.63) is 47.8 Å². The van der Waals surface area contributed by atoms with Gasteiger partial charge in [0.1, 0.15) is 12.3 Å². The fourth-order valence-corrected chi connectivity index (χ4v) is 3.43. The summed E-state index contributed by atoms with van der Waals surface area (Å²) in [7, 11) is 1.67. The predicted octanol–water partition coefficient (Wildman–Crippen LogP) is 2.11. The summed E-state index contributed by atoms with van der Waals surface area (Å²) < 4.78 is 7.00. The maximum absolute atomic E-state index is 12.2. The maximum atomic E-state index is 12.2. The summed E-state index contributed by atoms with van der Waals surface area (Å²) in [6.45, 7) is 3.02. The van der Waals surface area contributed by atoms with Gasteiger partial charge in [-0.25, -0.2) is 0 Å². The van der Waals surface area contributed by atoms with Crippen molar-refractivity contribution in [3.63, 3.8) is 0 Å². The molecule has 26 heavy (non-hydrogen) atoms. The van der Waals surface area contributed by atoms with Gasteiger partial charge in [-0.2, -0.15) is 5.10 Å². The lowest BCUT2D eigenvalue weighted by Gasteiger charge is -2.23. The number of nitrogens with one attached hydrogen (secondary N) is 2. The molecule has 2 aromatic rings. The normalized spacial score (nSPS) is 17.0. The number of aryl methyl sites for hydroxylation is 1. The molecule has 0 bridgehead atoms. The van der Waals surface area contributed by atoms with Gasteiger partial charge < -0.3 is 15.4 Å². The number of hydrogen-bond acceptors (Lipinski definition) is 4. The lowest BCUT2D eigenvalue weighted by atomic mass is 9.96. The molecule has 2 heterocycles. The quantitative estimate of drug-likeness (QED) is 0.711. The Morgan fingerprint density at radius 2 is 2.19 bits per heavy atom. The van der Waals surface area contributed by atoms with Gasteiger partial charge in [0.2, 0.25) is 5.91 Å². The van der Waals surface area contributed by atoms with Crippen molar-refractivity contribution in [2.45, 2.75) is 38.1 Å². The first-order chi connectivity index (χ1) is 12.8. The minimum Gasteiger partial charge on any atom is -0.497 e. The van der Waals surface area contributed by atoms with Crippen LogP contribution in [-0.4, -0.2) is 42.4 Å². The Hall–Kier alpha value is -2.34. The molecule has 1 saturated heterocycles. The van der Waals surface area contributed by atoms with Gasteiger partial charge in [0.25, 0.3) is 0 Å². The third-order valence-electron chi connectivity index (χ3n) is 4.88. The van der Waals surface area contributed by atoms with E-state index in [0.29, 0.717) is 19.0 Å². The van der Waals surface area contributed by atoms with Crippen LogP contribution in [0.3, 0.4) is 0 Å². The van der Waals surface area contributed by atoms with Gasteiger partial charge in [0.05, 0.1) is 7.11 Å². The van der Waals surface area contributed by atoms with Crippen molar-refractivity contribution in [2.75, 3.05) is 26.7 Å². The third kappa shape index (κ3) is 5.08. The van der Waals surface area contributed by atoms with Crippen LogP contribution in [0.1, 0.15) is 36.4 Å². The fraction of sp³-hybridized carbons (Fsp3) is 0.500. The number of carbonyl (C=O) groups is 1. The highest BCUT2D eigenvalue weighted by Gasteiger charge is 2.19. The molecular formula is C20H28N4O2. The first-order valence-electron chi connectivity index (χ1n) is 9.38. The molecule has 1 atom stereocenters. The molecule has 1 aromatic carbocycles. The molecule has 0 radical (unpaired) electrons.